The van der Waals surface area contributed by atoms with Gasteiger partial charge in [0.2, 0.25) is 5.91 Å². The van der Waals surface area contributed by atoms with E-state index in [2.05, 4.69) is 19.2 Å². The van der Waals surface area contributed by atoms with Gasteiger partial charge in [-0.25, -0.2) is 0 Å². The average molecular weight is 252 g/mol. The van der Waals surface area contributed by atoms with Crippen molar-refractivity contribution in [2.45, 2.75) is 75.8 Å². The van der Waals surface area contributed by atoms with Gasteiger partial charge in [-0.05, 0) is 26.7 Å². The Labute approximate surface area is 109 Å². The highest BCUT2D eigenvalue weighted by atomic mass is 16.5. The van der Waals surface area contributed by atoms with Gasteiger partial charge in [0.05, 0.1) is 23.4 Å². The Balaban J connectivity index is 1.91. The van der Waals surface area contributed by atoms with E-state index in [0.29, 0.717) is 5.91 Å². The van der Waals surface area contributed by atoms with Crippen molar-refractivity contribution in [1.29, 1.82) is 0 Å². The first-order valence-corrected chi connectivity index (χ1v) is 7.21. The molecule has 4 heteroatoms. The summed E-state index contributed by atoms with van der Waals surface area (Å²) >= 11 is 0. The summed E-state index contributed by atoms with van der Waals surface area (Å²) < 4.78 is 5.83. The SMILES string of the molecule is C[C@@H]1CC2(C[C@H](C)O1)NC1(CCCC1)C(=O)N2C. The Bertz CT molecular complexity index is 353. The molecule has 2 aliphatic heterocycles. The second-order valence-corrected chi connectivity index (χ2v) is 6.48. The van der Waals surface area contributed by atoms with E-state index >= 15 is 0 Å². The Hall–Kier alpha value is -0.610. The number of rotatable bonds is 0. The molecule has 1 aliphatic carbocycles. The van der Waals surface area contributed by atoms with Crippen molar-refractivity contribution in [3.05, 3.63) is 0 Å². The molecule has 2 saturated heterocycles. The number of amides is 1. The van der Waals surface area contributed by atoms with E-state index in [9.17, 15) is 4.79 Å². The highest BCUT2D eigenvalue weighted by molar-refractivity contribution is 5.89. The minimum Gasteiger partial charge on any atom is -0.375 e. The van der Waals surface area contributed by atoms with Crippen molar-refractivity contribution in [2.75, 3.05) is 7.05 Å². The van der Waals surface area contributed by atoms with Crippen LogP contribution in [0.5, 0.6) is 0 Å². The van der Waals surface area contributed by atoms with Crippen LogP contribution < -0.4 is 5.32 Å². The molecule has 0 aromatic carbocycles. The molecule has 1 amide bonds. The second kappa shape index (κ2) is 3.94. The van der Waals surface area contributed by atoms with Crippen LogP contribution in [0.4, 0.5) is 0 Å². The maximum absolute atomic E-state index is 12.6. The summed E-state index contributed by atoms with van der Waals surface area (Å²) in [7, 11) is 1.97. The Morgan fingerprint density at radius 1 is 1.22 bits per heavy atom. The molecule has 1 N–H and O–H groups in total. The molecule has 4 nitrogen and oxygen atoms in total. The van der Waals surface area contributed by atoms with Crippen molar-refractivity contribution in [3.8, 4) is 0 Å². The lowest BCUT2D eigenvalue weighted by Gasteiger charge is -2.44. The number of nitrogens with one attached hydrogen (secondary N) is 1. The van der Waals surface area contributed by atoms with Crippen LogP contribution in [0.2, 0.25) is 0 Å². The molecule has 3 fully saturated rings. The smallest absolute Gasteiger partial charge is 0.244 e. The predicted molar refractivity (Wildman–Crippen MR) is 69.1 cm³/mol. The minimum atomic E-state index is -0.258. The zero-order chi connectivity index (χ0) is 13.0. The van der Waals surface area contributed by atoms with Crippen molar-refractivity contribution >= 4 is 5.91 Å². The van der Waals surface area contributed by atoms with Gasteiger partial charge in [0.15, 0.2) is 0 Å². The van der Waals surface area contributed by atoms with E-state index in [4.69, 9.17) is 4.74 Å². The van der Waals surface area contributed by atoms with Gasteiger partial charge >= 0.3 is 0 Å². The zero-order valence-corrected chi connectivity index (χ0v) is 11.7. The average Bonchev–Trinajstić information content (AvgIpc) is 2.80. The number of hydrogen-bond donors (Lipinski definition) is 1. The first kappa shape index (κ1) is 12.4. The molecule has 2 spiro atoms. The van der Waals surface area contributed by atoms with Crippen LogP contribution in [0.1, 0.15) is 52.4 Å². The van der Waals surface area contributed by atoms with Crippen LogP contribution in [0.25, 0.3) is 0 Å². The van der Waals surface area contributed by atoms with Gasteiger partial charge in [-0.3, -0.25) is 10.1 Å². The fraction of sp³-hybridized carbons (Fsp3) is 0.929. The lowest BCUT2D eigenvalue weighted by atomic mass is 9.91. The fourth-order valence-electron chi connectivity index (χ4n) is 4.32. The molecule has 1 unspecified atom stereocenters. The number of carbonyl (C=O) groups excluding carboxylic acids is 1. The number of ether oxygens (including phenoxy) is 1. The summed E-state index contributed by atoms with van der Waals surface area (Å²) in [4.78, 5) is 14.6. The Kier molecular flexibility index (Phi) is 2.72. The first-order valence-electron chi connectivity index (χ1n) is 7.21. The fourth-order valence-corrected chi connectivity index (χ4v) is 4.32. The van der Waals surface area contributed by atoms with Crippen molar-refractivity contribution in [1.82, 2.24) is 10.2 Å². The number of nitrogens with zero attached hydrogens (tertiary/aromatic N) is 1. The number of likely N-dealkylation sites (N-methyl/N-ethyl adjacent to an activating group) is 1. The van der Waals surface area contributed by atoms with Crippen LogP contribution in [0.3, 0.4) is 0 Å². The van der Waals surface area contributed by atoms with Crippen molar-refractivity contribution in [2.24, 2.45) is 0 Å². The third-order valence-electron chi connectivity index (χ3n) is 5.00. The summed E-state index contributed by atoms with van der Waals surface area (Å²) in [6, 6.07) is 0. The van der Waals surface area contributed by atoms with E-state index < -0.39 is 0 Å². The molecule has 3 rings (SSSR count). The van der Waals surface area contributed by atoms with Crippen LogP contribution in [-0.4, -0.2) is 41.3 Å². The lowest BCUT2D eigenvalue weighted by Crippen LogP contribution is -2.59. The van der Waals surface area contributed by atoms with Crippen LogP contribution in [0, 0.1) is 0 Å². The third-order valence-corrected chi connectivity index (χ3v) is 5.00. The van der Waals surface area contributed by atoms with Gasteiger partial charge < -0.3 is 9.64 Å². The van der Waals surface area contributed by atoms with Gasteiger partial charge in [-0.2, -0.15) is 0 Å². The molecule has 0 aromatic heterocycles. The minimum absolute atomic E-state index is 0.168. The van der Waals surface area contributed by atoms with Gasteiger partial charge in [0.1, 0.15) is 0 Å². The Morgan fingerprint density at radius 3 is 2.33 bits per heavy atom. The van der Waals surface area contributed by atoms with Crippen LogP contribution >= 0.6 is 0 Å². The summed E-state index contributed by atoms with van der Waals surface area (Å²) in [6.45, 7) is 4.22. The molecule has 2 heterocycles. The molecule has 3 atom stereocenters. The summed E-state index contributed by atoms with van der Waals surface area (Å²) in [5, 5.41) is 3.74. The van der Waals surface area contributed by atoms with E-state index in [1.807, 2.05) is 11.9 Å². The molecule has 3 aliphatic rings. The van der Waals surface area contributed by atoms with E-state index in [-0.39, 0.29) is 23.4 Å². The molecular weight excluding hydrogens is 228 g/mol. The van der Waals surface area contributed by atoms with E-state index in [1.165, 1.54) is 12.8 Å². The number of carbonyl (C=O) groups is 1. The zero-order valence-electron chi connectivity index (χ0n) is 11.7. The number of hydrogen-bond acceptors (Lipinski definition) is 3. The third kappa shape index (κ3) is 1.62. The molecule has 0 radical (unpaired) electrons. The molecule has 0 bridgehead atoms. The second-order valence-electron chi connectivity index (χ2n) is 6.48. The van der Waals surface area contributed by atoms with Gasteiger partial charge in [-0.1, -0.05) is 12.8 Å². The van der Waals surface area contributed by atoms with Crippen LogP contribution in [-0.2, 0) is 9.53 Å². The van der Waals surface area contributed by atoms with Crippen LogP contribution in [0.15, 0.2) is 0 Å². The van der Waals surface area contributed by atoms with E-state index in [0.717, 1.165) is 25.7 Å². The highest BCUT2D eigenvalue weighted by Crippen LogP contribution is 2.44. The topological polar surface area (TPSA) is 41.6 Å². The molecule has 18 heavy (non-hydrogen) atoms. The van der Waals surface area contributed by atoms with Gasteiger partial charge in [0.25, 0.3) is 0 Å². The maximum Gasteiger partial charge on any atom is 0.244 e. The molecular formula is C14H24N2O2. The monoisotopic (exact) mass is 252 g/mol. The van der Waals surface area contributed by atoms with Crippen molar-refractivity contribution in [3.63, 3.8) is 0 Å². The van der Waals surface area contributed by atoms with Crippen molar-refractivity contribution < 1.29 is 9.53 Å². The highest BCUT2D eigenvalue weighted by Gasteiger charge is 2.59. The standard InChI is InChI=1S/C14H24N2O2/c1-10-8-14(9-11(2)18-10)15-13(6-4-5-7-13)12(17)16(14)3/h10-11,15H,4-9H2,1-3H3/t10-,11+,14?. The summed E-state index contributed by atoms with van der Waals surface area (Å²) in [6.07, 6.45) is 6.58. The van der Waals surface area contributed by atoms with Gasteiger partial charge in [0, 0.05) is 19.9 Å². The largest absolute Gasteiger partial charge is 0.375 e. The lowest BCUT2D eigenvalue weighted by molar-refractivity contribution is -0.139. The van der Waals surface area contributed by atoms with E-state index in [1.54, 1.807) is 0 Å². The molecule has 1 saturated carbocycles. The summed E-state index contributed by atoms with van der Waals surface area (Å²) in [5.74, 6) is 0.307. The quantitative estimate of drug-likeness (QED) is 0.712. The normalized spacial score (nSPS) is 43.3. The Morgan fingerprint density at radius 2 is 1.78 bits per heavy atom. The maximum atomic E-state index is 12.6. The molecule has 102 valence electrons. The predicted octanol–water partition coefficient (Wildman–Crippen LogP) is 1.64. The first-order chi connectivity index (χ1) is 8.47. The molecule has 0 aromatic rings. The van der Waals surface area contributed by atoms with Gasteiger partial charge in [-0.15, -0.1) is 0 Å². The summed E-state index contributed by atoms with van der Waals surface area (Å²) in [5.41, 5.74) is -0.427.